The van der Waals surface area contributed by atoms with E-state index in [-0.39, 0.29) is 11.5 Å². The van der Waals surface area contributed by atoms with Crippen LogP contribution in [0.4, 0.5) is 17.5 Å². The van der Waals surface area contributed by atoms with Crippen LogP contribution >= 0.6 is 11.8 Å². The first kappa shape index (κ1) is 19.7. The van der Waals surface area contributed by atoms with Gasteiger partial charge in [-0.15, -0.1) is 4.98 Å². The van der Waals surface area contributed by atoms with Gasteiger partial charge in [0, 0.05) is 35.9 Å². The van der Waals surface area contributed by atoms with Gasteiger partial charge in [-0.25, -0.2) is 9.97 Å². The Morgan fingerprint density at radius 2 is 1.90 bits per heavy atom. The SMILES string of the molecule is [C-]#[N+]c1ncccc1Sc1ncc(N2CCC3(CC2)Cc2ncccc2[C@H]3N)nc1N. The summed E-state index contributed by atoms with van der Waals surface area (Å²) in [6, 6.07) is 7.74. The molecular formula is C22H22N8S. The van der Waals surface area contributed by atoms with Crippen LogP contribution in [0.1, 0.15) is 30.1 Å². The quantitative estimate of drug-likeness (QED) is 0.608. The second kappa shape index (κ2) is 7.80. The molecule has 3 aromatic heterocycles. The highest BCUT2D eigenvalue weighted by Crippen LogP contribution is 2.50. The summed E-state index contributed by atoms with van der Waals surface area (Å²) in [5.41, 5.74) is 15.3. The first-order valence-corrected chi connectivity index (χ1v) is 11.0. The molecule has 1 aliphatic carbocycles. The highest BCUT2D eigenvalue weighted by Gasteiger charge is 2.46. The second-order valence-electron chi connectivity index (χ2n) is 8.00. The summed E-state index contributed by atoms with van der Waals surface area (Å²) in [5, 5.41) is 0.578. The van der Waals surface area contributed by atoms with Gasteiger partial charge in [0.25, 0.3) is 5.82 Å². The molecule has 0 radical (unpaired) electrons. The summed E-state index contributed by atoms with van der Waals surface area (Å²) < 4.78 is 0. The maximum Gasteiger partial charge on any atom is 0.283 e. The Bertz CT molecular complexity index is 1170. The molecule has 0 amide bonds. The van der Waals surface area contributed by atoms with Crippen LogP contribution in [-0.4, -0.2) is 33.0 Å². The van der Waals surface area contributed by atoms with E-state index in [0.29, 0.717) is 16.7 Å². The minimum atomic E-state index is 0.0319. The van der Waals surface area contributed by atoms with Crippen molar-refractivity contribution in [2.24, 2.45) is 11.1 Å². The fourth-order valence-electron chi connectivity index (χ4n) is 4.59. The summed E-state index contributed by atoms with van der Waals surface area (Å²) in [6.07, 6.45) is 8.11. The van der Waals surface area contributed by atoms with Crippen molar-refractivity contribution in [2.75, 3.05) is 23.7 Å². The third kappa shape index (κ3) is 3.48. The van der Waals surface area contributed by atoms with Gasteiger partial charge in [0.1, 0.15) is 17.0 Å². The molecule has 8 nitrogen and oxygen atoms in total. The lowest BCUT2D eigenvalue weighted by Crippen LogP contribution is -2.44. The Kier molecular flexibility index (Phi) is 4.96. The fraction of sp³-hybridized carbons (Fsp3) is 0.318. The molecule has 1 aliphatic heterocycles. The Hall–Kier alpha value is -3.22. The van der Waals surface area contributed by atoms with Crippen LogP contribution in [0, 0.1) is 12.0 Å². The van der Waals surface area contributed by atoms with Gasteiger partial charge in [-0.2, -0.15) is 0 Å². The van der Waals surface area contributed by atoms with Crippen molar-refractivity contribution in [1.82, 2.24) is 19.9 Å². The van der Waals surface area contributed by atoms with Gasteiger partial charge in [0.05, 0.1) is 6.20 Å². The van der Waals surface area contributed by atoms with Crippen molar-refractivity contribution < 1.29 is 0 Å². The van der Waals surface area contributed by atoms with Gasteiger partial charge in [-0.05, 0) is 42.4 Å². The number of nitrogens with zero attached hydrogens (tertiary/aromatic N) is 6. The number of pyridine rings is 2. The van der Waals surface area contributed by atoms with Crippen LogP contribution in [0.2, 0.25) is 0 Å². The van der Waals surface area contributed by atoms with E-state index >= 15 is 0 Å². The number of piperidine rings is 1. The Balaban J connectivity index is 1.30. The van der Waals surface area contributed by atoms with E-state index in [9.17, 15) is 0 Å². The van der Waals surface area contributed by atoms with E-state index in [4.69, 9.17) is 18.0 Å². The average molecular weight is 431 g/mol. The molecular weight excluding hydrogens is 408 g/mol. The number of anilines is 2. The summed E-state index contributed by atoms with van der Waals surface area (Å²) in [5.74, 6) is 1.47. The van der Waals surface area contributed by atoms with Crippen molar-refractivity contribution in [1.29, 1.82) is 0 Å². The van der Waals surface area contributed by atoms with Gasteiger partial charge in [0.15, 0.2) is 5.82 Å². The maximum absolute atomic E-state index is 7.26. The number of fused-ring (bicyclic) bond motifs is 1. The van der Waals surface area contributed by atoms with Gasteiger partial charge in [-0.1, -0.05) is 30.5 Å². The van der Waals surface area contributed by atoms with E-state index in [0.717, 1.165) is 48.8 Å². The normalized spacial score (nSPS) is 19.2. The minimum Gasteiger partial charge on any atom is -0.381 e. The zero-order chi connectivity index (χ0) is 21.4. The number of hydrogen-bond donors (Lipinski definition) is 2. The van der Waals surface area contributed by atoms with Gasteiger partial charge in [0.2, 0.25) is 0 Å². The minimum absolute atomic E-state index is 0.0319. The number of nitrogen functional groups attached to an aromatic ring is 1. The van der Waals surface area contributed by atoms with Crippen molar-refractivity contribution in [3.63, 3.8) is 0 Å². The maximum atomic E-state index is 7.26. The topological polar surface area (TPSA) is 111 Å². The van der Waals surface area contributed by atoms with Crippen molar-refractivity contribution >= 4 is 29.2 Å². The summed E-state index contributed by atoms with van der Waals surface area (Å²) in [7, 11) is 0. The Morgan fingerprint density at radius 1 is 1.13 bits per heavy atom. The molecule has 9 heteroatoms. The molecule has 156 valence electrons. The van der Waals surface area contributed by atoms with Crippen molar-refractivity contribution in [3.8, 4) is 0 Å². The van der Waals surface area contributed by atoms with Crippen molar-refractivity contribution in [2.45, 2.75) is 35.2 Å². The Morgan fingerprint density at radius 3 is 2.65 bits per heavy atom. The largest absolute Gasteiger partial charge is 0.381 e. The van der Waals surface area contributed by atoms with Crippen molar-refractivity contribution in [3.05, 3.63) is 65.5 Å². The summed E-state index contributed by atoms with van der Waals surface area (Å²) in [4.78, 5) is 24.1. The molecule has 2 aliphatic rings. The number of hydrogen-bond acceptors (Lipinski definition) is 8. The predicted octanol–water partition coefficient (Wildman–Crippen LogP) is 3.39. The standard InChI is InChI=1S/C22H22N8S/c1-25-20-16(5-3-9-27-20)31-21-19(24)29-17(13-28-21)30-10-6-22(7-11-30)12-15-14(18(22)23)4-2-8-26-15/h2-5,8-9,13,18H,6-7,10-12,23H2,(H2,24,29)/t18-/m1/s1. The highest BCUT2D eigenvalue weighted by atomic mass is 32.2. The zero-order valence-electron chi connectivity index (χ0n) is 16.9. The lowest BCUT2D eigenvalue weighted by atomic mass is 9.73. The smallest absolute Gasteiger partial charge is 0.283 e. The number of rotatable bonds is 3. The fourth-order valence-corrected chi connectivity index (χ4v) is 5.39. The molecule has 0 unspecified atom stereocenters. The van der Waals surface area contributed by atoms with E-state index in [2.05, 4.69) is 35.7 Å². The third-order valence-corrected chi connectivity index (χ3v) is 7.38. The molecule has 1 fully saturated rings. The van der Waals surface area contributed by atoms with Crippen LogP contribution < -0.4 is 16.4 Å². The van der Waals surface area contributed by atoms with Gasteiger partial charge in [-0.3, -0.25) is 4.98 Å². The molecule has 0 bridgehead atoms. The van der Waals surface area contributed by atoms with E-state index in [1.165, 1.54) is 17.3 Å². The molecule has 31 heavy (non-hydrogen) atoms. The average Bonchev–Trinajstić information content (AvgIpc) is 3.07. The molecule has 5 rings (SSSR count). The van der Waals surface area contributed by atoms with Gasteiger partial charge < -0.3 is 21.2 Å². The van der Waals surface area contributed by atoms with E-state index < -0.39 is 0 Å². The molecule has 0 saturated carbocycles. The molecule has 1 atom stereocenters. The lowest BCUT2D eigenvalue weighted by molar-refractivity contribution is 0.186. The van der Waals surface area contributed by atoms with Gasteiger partial charge >= 0.3 is 0 Å². The molecule has 3 aromatic rings. The van der Waals surface area contributed by atoms with Crippen LogP contribution in [-0.2, 0) is 6.42 Å². The van der Waals surface area contributed by atoms with Crippen LogP contribution in [0.3, 0.4) is 0 Å². The first-order chi connectivity index (χ1) is 15.1. The molecule has 0 aromatic carbocycles. The molecule has 4 N–H and O–H groups in total. The predicted molar refractivity (Wildman–Crippen MR) is 120 cm³/mol. The van der Waals surface area contributed by atoms with E-state index in [1.807, 2.05) is 18.3 Å². The zero-order valence-corrected chi connectivity index (χ0v) is 17.7. The van der Waals surface area contributed by atoms with E-state index in [1.54, 1.807) is 18.5 Å². The highest BCUT2D eigenvalue weighted by molar-refractivity contribution is 7.99. The Labute approximate surface area is 184 Å². The summed E-state index contributed by atoms with van der Waals surface area (Å²) in [6.45, 7) is 8.97. The first-order valence-electron chi connectivity index (χ1n) is 10.2. The lowest BCUT2D eigenvalue weighted by Gasteiger charge is -2.42. The number of aromatic nitrogens is 4. The number of nitrogens with two attached hydrogens (primary N) is 2. The summed E-state index contributed by atoms with van der Waals surface area (Å²) >= 11 is 1.31. The van der Waals surface area contributed by atoms with Crippen LogP contribution in [0.25, 0.3) is 4.85 Å². The molecule has 1 saturated heterocycles. The monoisotopic (exact) mass is 430 g/mol. The molecule has 4 heterocycles. The van der Waals surface area contributed by atoms with Crippen LogP contribution in [0.15, 0.2) is 52.8 Å². The molecule has 1 spiro atoms. The second-order valence-corrected chi connectivity index (χ2v) is 9.03. The third-order valence-electron chi connectivity index (χ3n) is 6.34. The van der Waals surface area contributed by atoms with Crippen LogP contribution in [0.5, 0.6) is 0 Å².